The van der Waals surface area contributed by atoms with Crippen LogP contribution in [0.15, 0.2) is 22.7 Å². The third kappa shape index (κ3) is 4.56. The molecule has 0 aliphatic rings. The smallest absolute Gasteiger partial charge is 0.0791 e. The molecule has 1 aromatic carbocycles. The molecule has 0 aromatic heterocycles. The Labute approximate surface area is 125 Å². The van der Waals surface area contributed by atoms with Gasteiger partial charge in [0, 0.05) is 22.7 Å². The van der Waals surface area contributed by atoms with E-state index in [1.54, 1.807) is 0 Å². The molecule has 0 saturated heterocycles. The fourth-order valence-corrected chi connectivity index (χ4v) is 2.45. The van der Waals surface area contributed by atoms with E-state index in [4.69, 9.17) is 6.42 Å². The van der Waals surface area contributed by atoms with Crippen molar-refractivity contribution in [2.45, 2.75) is 33.2 Å². The van der Waals surface area contributed by atoms with E-state index < -0.39 is 0 Å². The maximum absolute atomic E-state index is 5.47. The van der Waals surface area contributed by atoms with Gasteiger partial charge in [0.2, 0.25) is 0 Å². The van der Waals surface area contributed by atoms with Crippen molar-refractivity contribution in [2.24, 2.45) is 0 Å². The van der Waals surface area contributed by atoms with E-state index in [2.05, 4.69) is 71.0 Å². The highest BCUT2D eigenvalue weighted by Gasteiger charge is 2.14. The topological polar surface area (TPSA) is 15.3 Å². The first kappa shape index (κ1) is 16.1. The van der Waals surface area contributed by atoms with Crippen molar-refractivity contribution in [3.8, 4) is 12.3 Å². The Hall–Kier alpha value is -0.980. The third-order valence-corrected chi connectivity index (χ3v) is 3.66. The molecule has 0 heterocycles. The Bertz CT molecular complexity index is 437. The number of rotatable bonds is 7. The summed E-state index contributed by atoms with van der Waals surface area (Å²) in [5.41, 5.74) is 2.51. The lowest BCUT2D eigenvalue weighted by molar-refractivity contribution is 0.569. The third-order valence-electron chi connectivity index (χ3n) is 3.16. The van der Waals surface area contributed by atoms with Gasteiger partial charge >= 0.3 is 0 Å². The number of nitrogens with zero attached hydrogens (tertiary/aromatic N) is 1. The molecule has 0 spiro atoms. The molecule has 1 unspecified atom stereocenters. The fourth-order valence-electron chi connectivity index (χ4n) is 2.11. The second-order valence-electron chi connectivity index (χ2n) is 4.60. The predicted molar refractivity (Wildman–Crippen MR) is 87.6 cm³/mol. The molecule has 1 N–H and O–H groups in total. The minimum absolute atomic E-state index is 0.329. The van der Waals surface area contributed by atoms with Crippen molar-refractivity contribution in [3.05, 3.63) is 28.2 Å². The van der Waals surface area contributed by atoms with E-state index in [-0.39, 0.29) is 0 Å². The van der Waals surface area contributed by atoms with Crippen LogP contribution in [0, 0.1) is 12.3 Å². The average molecular weight is 323 g/mol. The van der Waals surface area contributed by atoms with Crippen molar-refractivity contribution < 1.29 is 0 Å². The van der Waals surface area contributed by atoms with Crippen LogP contribution in [0.5, 0.6) is 0 Å². The van der Waals surface area contributed by atoms with Crippen molar-refractivity contribution in [2.75, 3.05) is 24.5 Å². The summed E-state index contributed by atoms with van der Waals surface area (Å²) in [4.78, 5) is 2.23. The van der Waals surface area contributed by atoms with E-state index in [9.17, 15) is 0 Å². The van der Waals surface area contributed by atoms with Gasteiger partial charge in [-0.25, -0.2) is 0 Å². The molecule has 0 radical (unpaired) electrons. The summed E-state index contributed by atoms with van der Waals surface area (Å²) in [6.07, 6.45) is 6.60. The van der Waals surface area contributed by atoms with Crippen LogP contribution in [0.25, 0.3) is 0 Å². The lowest BCUT2D eigenvalue weighted by Crippen LogP contribution is -2.27. The second-order valence-corrected chi connectivity index (χ2v) is 5.51. The first-order chi connectivity index (χ1) is 9.13. The van der Waals surface area contributed by atoms with E-state index >= 15 is 0 Å². The summed E-state index contributed by atoms with van der Waals surface area (Å²) < 4.78 is 1.09. The van der Waals surface area contributed by atoms with Gasteiger partial charge in [0.1, 0.15) is 0 Å². The zero-order valence-corrected chi connectivity index (χ0v) is 13.6. The van der Waals surface area contributed by atoms with Crippen molar-refractivity contribution in [1.82, 2.24) is 5.32 Å². The molecule has 0 amide bonds. The summed E-state index contributed by atoms with van der Waals surface area (Å²) in [7, 11) is 0. The number of halogens is 1. The Kier molecular flexibility index (Phi) is 6.97. The quantitative estimate of drug-likeness (QED) is 0.764. The van der Waals surface area contributed by atoms with Gasteiger partial charge in [0.15, 0.2) is 0 Å². The van der Waals surface area contributed by atoms with Gasteiger partial charge < -0.3 is 10.2 Å². The molecule has 104 valence electrons. The highest BCUT2D eigenvalue weighted by Crippen LogP contribution is 2.29. The number of nitrogens with one attached hydrogen (secondary N) is 1. The molecule has 1 atom stereocenters. The average Bonchev–Trinajstić information content (AvgIpc) is 2.42. The number of terminal acetylenes is 1. The molecule has 0 aliphatic heterocycles. The molecule has 0 fully saturated rings. The van der Waals surface area contributed by atoms with E-state index in [1.807, 2.05) is 0 Å². The highest BCUT2D eigenvalue weighted by molar-refractivity contribution is 9.10. The Morgan fingerprint density at radius 2 is 2.16 bits per heavy atom. The van der Waals surface area contributed by atoms with Crippen LogP contribution in [0.2, 0.25) is 0 Å². The molecule has 1 rings (SSSR count). The first-order valence-corrected chi connectivity index (χ1v) is 7.64. The minimum atomic E-state index is 0.329. The molecule has 0 saturated carbocycles. The first-order valence-electron chi connectivity index (χ1n) is 6.85. The van der Waals surface area contributed by atoms with Gasteiger partial charge in [-0.15, -0.1) is 6.42 Å². The lowest BCUT2D eigenvalue weighted by atomic mass is 10.0. The largest absolute Gasteiger partial charge is 0.360 e. The summed E-state index contributed by atoms with van der Waals surface area (Å²) in [5, 5.41) is 3.54. The number of hydrogen-bond donors (Lipinski definition) is 1. The van der Waals surface area contributed by atoms with Crippen molar-refractivity contribution in [1.29, 1.82) is 0 Å². The van der Waals surface area contributed by atoms with Crippen LogP contribution < -0.4 is 10.2 Å². The predicted octanol–water partition coefficient (Wildman–Crippen LogP) is 3.97. The van der Waals surface area contributed by atoms with Gasteiger partial charge in [0.25, 0.3) is 0 Å². The van der Waals surface area contributed by atoms with E-state index in [0.29, 0.717) is 12.6 Å². The fraction of sp³-hybridized carbons (Fsp3) is 0.500. The zero-order valence-electron chi connectivity index (χ0n) is 12.0. The summed E-state index contributed by atoms with van der Waals surface area (Å²) in [6.45, 7) is 9.09. The summed E-state index contributed by atoms with van der Waals surface area (Å²) in [6, 6.07) is 6.74. The monoisotopic (exact) mass is 322 g/mol. The van der Waals surface area contributed by atoms with Crippen LogP contribution in [0.1, 0.15) is 38.8 Å². The van der Waals surface area contributed by atoms with Gasteiger partial charge in [-0.3, -0.25) is 0 Å². The van der Waals surface area contributed by atoms with Crippen molar-refractivity contribution >= 4 is 21.6 Å². The number of hydrogen-bond acceptors (Lipinski definition) is 2. The summed E-state index contributed by atoms with van der Waals surface area (Å²) >= 11 is 3.55. The zero-order chi connectivity index (χ0) is 14.3. The lowest BCUT2D eigenvalue weighted by Gasteiger charge is -2.27. The van der Waals surface area contributed by atoms with Crippen LogP contribution in [0.4, 0.5) is 5.69 Å². The number of anilines is 1. The molecular formula is C16H23BrN2. The van der Waals surface area contributed by atoms with Crippen LogP contribution in [0.3, 0.4) is 0 Å². The second kappa shape index (κ2) is 8.24. The van der Waals surface area contributed by atoms with Crippen LogP contribution in [-0.4, -0.2) is 19.6 Å². The summed E-state index contributed by atoms with van der Waals surface area (Å²) in [5.74, 6) is 2.74. The minimum Gasteiger partial charge on any atom is -0.360 e. The Morgan fingerprint density at radius 1 is 1.42 bits per heavy atom. The maximum Gasteiger partial charge on any atom is 0.0791 e. The van der Waals surface area contributed by atoms with E-state index in [1.165, 1.54) is 11.3 Å². The normalized spacial score (nSPS) is 11.9. The number of benzene rings is 1. The van der Waals surface area contributed by atoms with Gasteiger partial charge in [-0.05, 0) is 44.5 Å². The Morgan fingerprint density at radius 3 is 2.74 bits per heavy atom. The van der Waals surface area contributed by atoms with E-state index in [0.717, 1.165) is 24.0 Å². The maximum atomic E-state index is 5.47. The van der Waals surface area contributed by atoms with Gasteiger partial charge in [0.05, 0.1) is 6.54 Å². The van der Waals surface area contributed by atoms with Crippen LogP contribution in [-0.2, 0) is 0 Å². The molecule has 2 nitrogen and oxygen atoms in total. The molecule has 0 bridgehead atoms. The Balaban J connectivity index is 3.06. The molecular weight excluding hydrogens is 300 g/mol. The standard InChI is InChI=1S/C16H23BrN2/c1-5-10-18-13(4)15-9-8-14(17)12-16(15)19(7-3)11-6-2/h2,8-9,12-13,18H,5,7,10-11H2,1,3-4H3. The highest BCUT2D eigenvalue weighted by atomic mass is 79.9. The van der Waals surface area contributed by atoms with Crippen molar-refractivity contribution in [3.63, 3.8) is 0 Å². The van der Waals surface area contributed by atoms with Gasteiger partial charge in [-0.1, -0.05) is 34.8 Å². The molecule has 19 heavy (non-hydrogen) atoms. The van der Waals surface area contributed by atoms with Crippen LogP contribution >= 0.6 is 15.9 Å². The SMILES string of the molecule is C#CCN(CC)c1cc(Br)ccc1C(C)NCCC. The molecule has 3 heteroatoms. The molecule has 1 aromatic rings. The molecule has 0 aliphatic carbocycles. The van der Waals surface area contributed by atoms with Gasteiger partial charge in [-0.2, -0.15) is 0 Å².